The lowest BCUT2D eigenvalue weighted by Crippen LogP contribution is -2.80. The average Bonchev–Trinajstić information content (AvgIpc) is 3.03. The van der Waals surface area contributed by atoms with Crippen LogP contribution in [0.5, 0.6) is 11.5 Å². The maximum atomic E-state index is 12.3. The molecule has 158 valence electrons. The van der Waals surface area contributed by atoms with Crippen molar-refractivity contribution in [1.29, 1.82) is 0 Å². The smallest absolute Gasteiger partial charge is 0.207 e. The maximum Gasteiger partial charge on any atom is 0.207 e. The monoisotopic (exact) mass is 401 g/mol. The molecular weight excluding hydrogens is 370 g/mol. The molecule has 29 heavy (non-hydrogen) atoms. The van der Waals surface area contributed by atoms with Crippen LogP contribution >= 0.6 is 0 Å². The van der Waals surface area contributed by atoms with Crippen LogP contribution in [0.15, 0.2) is 12.1 Å². The third kappa shape index (κ3) is 2.02. The molecule has 1 aromatic rings. The second-order valence-corrected chi connectivity index (χ2v) is 9.88. The molecule has 2 aliphatic carbocycles. The molecule has 0 aromatic heterocycles. The maximum absolute atomic E-state index is 12.3. The lowest BCUT2D eigenvalue weighted by atomic mass is 9.48. The Labute approximate surface area is 172 Å². The van der Waals surface area contributed by atoms with E-state index in [1.165, 1.54) is 5.56 Å². The number of methoxy groups -OCH3 is 1. The Morgan fingerprint density at radius 2 is 1.90 bits per heavy atom. The standard InChI is InChI=1S/C23H31NO5/c1-13-11-14(2)29-23(28-13)8-7-22(25)17-12-15-5-6-16(26-4)19-18(15)21(22,20(23)27-19)9-10-24(17)3/h5-6,13-14,17,20,25H,7-12H2,1-4H3/t13-,14-,17-,20?,21+,22?/m1/s1. The van der Waals surface area contributed by atoms with Crippen molar-refractivity contribution in [3.63, 3.8) is 0 Å². The highest BCUT2D eigenvalue weighted by Gasteiger charge is 2.77. The molecule has 2 bridgehead atoms. The summed E-state index contributed by atoms with van der Waals surface area (Å²) in [6.07, 6.45) is 3.64. The third-order valence-electron chi connectivity index (χ3n) is 8.40. The van der Waals surface area contributed by atoms with Crippen LogP contribution < -0.4 is 9.47 Å². The molecule has 5 aliphatic rings. The number of ether oxygens (including phenoxy) is 4. The van der Waals surface area contributed by atoms with Crippen LogP contribution in [0.2, 0.25) is 0 Å². The Bertz CT molecular complexity index is 863. The zero-order chi connectivity index (χ0) is 20.2. The molecule has 0 amide bonds. The molecule has 6 heteroatoms. The van der Waals surface area contributed by atoms with Crippen molar-refractivity contribution in [1.82, 2.24) is 4.90 Å². The largest absolute Gasteiger partial charge is 0.493 e. The topological polar surface area (TPSA) is 60.4 Å². The molecule has 1 aromatic carbocycles. The molecule has 1 saturated carbocycles. The Hall–Kier alpha value is -1.34. The third-order valence-corrected chi connectivity index (χ3v) is 8.40. The summed E-state index contributed by atoms with van der Waals surface area (Å²) in [7, 11) is 3.82. The summed E-state index contributed by atoms with van der Waals surface area (Å²) in [5.74, 6) is 0.692. The van der Waals surface area contributed by atoms with Gasteiger partial charge < -0.3 is 29.0 Å². The van der Waals surface area contributed by atoms with E-state index in [4.69, 9.17) is 18.9 Å². The van der Waals surface area contributed by atoms with Gasteiger partial charge in [-0.05, 0) is 64.8 Å². The van der Waals surface area contributed by atoms with Crippen molar-refractivity contribution >= 4 is 0 Å². The van der Waals surface area contributed by atoms with Crippen LogP contribution in [0.3, 0.4) is 0 Å². The number of hydrogen-bond donors (Lipinski definition) is 1. The lowest BCUT2D eigenvalue weighted by molar-refractivity contribution is -0.378. The van der Waals surface area contributed by atoms with Crippen LogP contribution in [0.4, 0.5) is 0 Å². The number of piperidine rings is 1. The van der Waals surface area contributed by atoms with Crippen molar-refractivity contribution < 1.29 is 24.1 Å². The van der Waals surface area contributed by atoms with Crippen LogP contribution in [0, 0.1) is 0 Å². The van der Waals surface area contributed by atoms with Gasteiger partial charge in [0.05, 0.1) is 30.3 Å². The van der Waals surface area contributed by atoms with Crippen molar-refractivity contribution in [2.24, 2.45) is 0 Å². The quantitative estimate of drug-likeness (QED) is 0.780. The van der Waals surface area contributed by atoms with E-state index in [-0.39, 0.29) is 24.4 Å². The van der Waals surface area contributed by atoms with Crippen LogP contribution in [0.1, 0.15) is 50.7 Å². The Kier molecular flexibility index (Phi) is 3.60. The van der Waals surface area contributed by atoms with E-state index in [0.29, 0.717) is 12.8 Å². The van der Waals surface area contributed by atoms with Gasteiger partial charge in [0.1, 0.15) is 0 Å². The fourth-order valence-corrected chi connectivity index (χ4v) is 7.37. The van der Waals surface area contributed by atoms with Gasteiger partial charge in [-0.2, -0.15) is 0 Å². The Balaban J connectivity index is 1.61. The second-order valence-electron chi connectivity index (χ2n) is 9.88. The van der Waals surface area contributed by atoms with E-state index in [1.807, 2.05) is 6.07 Å². The minimum atomic E-state index is -0.864. The normalized spacial score (nSPS) is 47.6. The van der Waals surface area contributed by atoms with Gasteiger partial charge in [0.15, 0.2) is 17.6 Å². The Morgan fingerprint density at radius 3 is 2.62 bits per heavy atom. The predicted octanol–water partition coefficient (Wildman–Crippen LogP) is 2.39. The molecule has 0 radical (unpaired) electrons. The first kappa shape index (κ1) is 18.4. The number of fused-ring (bicyclic) bond motifs is 1. The van der Waals surface area contributed by atoms with Crippen molar-refractivity contribution in [2.45, 2.75) is 87.1 Å². The zero-order valence-electron chi connectivity index (χ0n) is 17.7. The molecule has 1 N–H and O–H groups in total. The van der Waals surface area contributed by atoms with Crippen molar-refractivity contribution in [3.05, 3.63) is 23.3 Å². The molecule has 6 rings (SSSR count). The molecule has 2 saturated heterocycles. The number of likely N-dealkylation sites (N-methyl/N-ethyl adjacent to an activating group) is 1. The first-order chi connectivity index (χ1) is 13.8. The number of hydrogen-bond acceptors (Lipinski definition) is 6. The minimum absolute atomic E-state index is 0.0741. The van der Waals surface area contributed by atoms with Crippen LogP contribution in [-0.2, 0) is 21.3 Å². The number of nitrogens with zero attached hydrogens (tertiary/aromatic N) is 1. The van der Waals surface area contributed by atoms with Gasteiger partial charge in [-0.3, -0.25) is 0 Å². The lowest BCUT2D eigenvalue weighted by Gasteiger charge is -2.66. The number of aliphatic hydroxyl groups is 1. The van der Waals surface area contributed by atoms with E-state index in [1.54, 1.807) is 7.11 Å². The van der Waals surface area contributed by atoms with E-state index in [9.17, 15) is 5.11 Å². The molecule has 6 atom stereocenters. The molecule has 6 nitrogen and oxygen atoms in total. The fraction of sp³-hybridized carbons (Fsp3) is 0.739. The van der Waals surface area contributed by atoms with E-state index >= 15 is 0 Å². The van der Waals surface area contributed by atoms with Crippen molar-refractivity contribution in [2.75, 3.05) is 20.7 Å². The van der Waals surface area contributed by atoms with Gasteiger partial charge in [-0.25, -0.2) is 0 Å². The highest BCUT2D eigenvalue weighted by molar-refractivity contribution is 5.63. The van der Waals surface area contributed by atoms with Crippen LogP contribution in [-0.4, -0.2) is 66.5 Å². The van der Waals surface area contributed by atoms with Crippen molar-refractivity contribution in [3.8, 4) is 11.5 Å². The first-order valence-corrected chi connectivity index (χ1v) is 11.0. The molecule has 3 heterocycles. The van der Waals surface area contributed by atoms with E-state index < -0.39 is 16.8 Å². The summed E-state index contributed by atoms with van der Waals surface area (Å²) in [6, 6.07) is 4.24. The second kappa shape index (κ2) is 5.67. The van der Waals surface area contributed by atoms with Crippen LogP contribution in [0.25, 0.3) is 0 Å². The summed E-state index contributed by atoms with van der Waals surface area (Å²) in [4.78, 5) is 2.33. The van der Waals surface area contributed by atoms with Gasteiger partial charge >= 0.3 is 0 Å². The summed E-state index contributed by atoms with van der Waals surface area (Å²) >= 11 is 0. The van der Waals surface area contributed by atoms with Gasteiger partial charge in [0.2, 0.25) is 5.79 Å². The molecular formula is C23H31NO5. The number of benzene rings is 1. The number of likely N-dealkylation sites (tertiary alicyclic amines) is 1. The zero-order valence-corrected chi connectivity index (χ0v) is 17.7. The minimum Gasteiger partial charge on any atom is -0.493 e. The molecule has 2 spiro atoms. The first-order valence-electron chi connectivity index (χ1n) is 11.0. The van der Waals surface area contributed by atoms with Gasteiger partial charge in [0, 0.05) is 18.0 Å². The highest BCUT2D eigenvalue weighted by Crippen LogP contribution is 2.68. The number of rotatable bonds is 1. The molecule has 3 aliphatic heterocycles. The molecule has 2 unspecified atom stereocenters. The highest BCUT2D eigenvalue weighted by atomic mass is 16.7. The summed E-state index contributed by atoms with van der Waals surface area (Å²) in [5, 5.41) is 12.3. The molecule has 3 fully saturated rings. The SMILES string of the molecule is COc1ccc2c3c1OC1C4(CCC5(O)[C@@H](C2)N(C)CC[C@]315)O[C@H](C)C[C@@H](C)O4. The summed E-state index contributed by atoms with van der Waals surface area (Å²) < 4.78 is 25.5. The average molecular weight is 402 g/mol. The van der Waals surface area contributed by atoms with E-state index in [2.05, 4.69) is 31.9 Å². The Morgan fingerprint density at radius 1 is 1.14 bits per heavy atom. The van der Waals surface area contributed by atoms with Gasteiger partial charge in [0.25, 0.3) is 0 Å². The fourth-order valence-electron chi connectivity index (χ4n) is 7.37. The summed E-state index contributed by atoms with van der Waals surface area (Å²) in [5.41, 5.74) is 1.01. The summed E-state index contributed by atoms with van der Waals surface area (Å²) in [6.45, 7) is 5.15. The van der Waals surface area contributed by atoms with Gasteiger partial charge in [-0.1, -0.05) is 6.07 Å². The van der Waals surface area contributed by atoms with E-state index in [0.717, 1.165) is 42.9 Å². The predicted molar refractivity (Wildman–Crippen MR) is 106 cm³/mol. The van der Waals surface area contributed by atoms with Gasteiger partial charge in [-0.15, -0.1) is 0 Å².